The van der Waals surface area contributed by atoms with Crippen molar-refractivity contribution in [3.05, 3.63) is 45.1 Å². The third-order valence-electron chi connectivity index (χ3n) is 2.38. The first kappa shape index (κ1) is 13.1. The van der Waals surface area contributed by atoms with Gasteiger partial charge in [0, 0.05) is 4.47 Å². The van der Waals surface area contributed by atoms with Crippen molar-refractivity contribution in [2.45, 2.75) is 6.42 Å². The Balaban J connectivity index is 2.08. The van der Waals surface area contributed by atoms with E-state index < -0.39 is 0 Å². The summed E-state index contributed by atoms with van der Waals surface area (Å²) in [6.45, 7) is 0. The molecule has 0 aliphatic rings. The van der Waals surface area contributed by atoms with Crippen molar-refractivity contribution in [3.8, 4) is 5.75 Å². The molecule has 0 fully saturated rings. The Morgan fingerprint density at radius 1 is 1.44 bits per heavy atom. The van der Waals surface area contributed by atoms with E-state index in [1.807, 2.05) is 35.0 Å². The number of amides is 1. The van der Waals surface area contributed by atoms with Crippen molar-refractivity contribution in [2.75, 3.05) is 12.4 Å². The minimum absolute atomic E-state index is 0.0511. The molecule has 0 radical (unpaired) electrons. The number of anilines is 1. The van der Waals surface area contributed by atoms with Crippen molar-refractivity contribution in [1.82, 2.24) is 0 Å². The van der Waals surface area contributed by atoms with E-state index in [-0.39, 0.29) is 5.91 Å². The zero-order valence-electron chi connectivity index (χ0n) is 9.77. The lowest BCUT2D eigenvalue weighted by Gasteiger charge is -2.10. The van der Waals surface area contributed by atoms with Gasteiger partial charge in [0.2, 0.25) is 5.91 Å². The lowest BCUT2D eigenvalue weighted by Crippen LogP contribution is -2.14. The van der Waals surface area contributed by atoms with Crippen LogP contribution in [0.2, 0.25) is 0 Å². The summed E-state index contributed by atoms with van der Waals surface area (Å²) in [7, 11) is 1.58. The second-order valence-electron chi connectivity index (χ2n) is 3.70. The Hall–Kier alpha value is -1.33. The fraction of sp³-hybridized carbons (Fsp3) is 0.154. The highest BCUT2D eigenvalue weighted by molar-refractivity contribution is 9.10. The van der Waals surface area contributed by atoms with Crippen molar-refractivity contribution in [3.63, 3.8) is 0 Å². The number of halogens is 1. The second-order valence-corrected chi connectivity index (χ2v) is 5.40. The van der Waals surface area contributed by atoms with E-state index in [0.29, 0.717) is 17.9 Å². The monoisotopic (exact) mass is 325 g/mol. The number of nitrogens with one attached hydrogen (secondary N) is 1. The Kier molecular flexibility index (Phi) is 4.38. The van der Waals surface area contributed by atoms with Gasteiger partial charge in [-0.1, -0.05) is 15.9 Å². The molecule has 1 amide bonds. The van der Waals surface area contributed by atoms with Crippen LogP contribution in [0, 0.1) is 0 Å². The van der Waals surface area contributed by atoms with Crippen LogP contribution in [0.25, 0.3) is 0 Å². The summed E-state index contributed by atoms with van der Waals surface area (Å²) in [5.41, 5.74) is 1.69. The topological polar surface area (TPSA) is 38.3 Å². The summed E-state index contributed by atoms with van der Waals surface area (Å²) < 4.78 is 6.10. The van der Waals surface area contributed by atoms with Crippen molar-refractivity contribution >= 4 is 38.9 Å². The molecule has 0 atom stereocenters. The van der Waals surface area contributed by atoms with Gasteiger partial charge in [0.1, 0.15) is 5.75 Å². The van der Waals surface area contributed by atoms with E-state index in [9.17, 15) is 4.79 Å². The fourth-order valence-electron chi connectivity index (χ4n) is 1.55. The molecule has 2 aromatic rings. The molecule has 1 N–H and O–H groups in total. The number of hydrogen-bond donors (Lipinski definition) is 1. The van der Waals surface area contributed by atoms with Crippen molar-refractivity contribution < 1.29 is 9.53 Å². The lowest BCUT2D eigenvalue weighted by molar-refractivity contribution is -0.115. The van der Waals surface area contributed by atoms with Crippen LogP contribution in [0.15, 0.2) is 39.5 Å². The number of methoxy groups -OCH3 is 1. The summed E-state index contributed by atoms with van der Waals surface area (Å²) in [6, 6.07) is 7.45. The molecule has 1 aromatic heterocycles. The van der Waals surface area contributed by atoms with Crippen LogP contribution in [0.1, 0.15) is 5.56 Å². The van der Waals surface area contributed by atoms with E-state index in [2.05, 4.69) is 21.2 Å². The summed E-state index contributed by atoms with van der Waals surface area (Å²) >= 11 is 4.96. The van der Waals surface area contributed by atoms with Gasteiger partial charge in [-0.25, -0.2) is 0 Å². The third kappa shape index (κ3) is 3.34. The third-order valence-corrected chi connectivity index (χ3v) is 3.61. The molecule has 94 valence electrons. The zero-order valence-corrected chi connectivity index (χ0v) is 12.2. The molecule has 0 aliphatic heterocycles. The van der Waals surface area contributed by atoms with Crippen molar-refractivity contribution in [1.29, 1.82) is 0 Å². The quantitative estimate of drug-likeness (QED) is 0.930. The van der Waals surface area contributed by atoms with Crippen molar-refractivity contribution in [2.24, 2.45) is 0 Å². The predicted molar refractivity (Wildman–Crippen MR) is 77.3 cm³/mol. The standard InChI is InChI=1S/C13H12BrNO2S/c1-17-12-3-2-10(14)7-11(12)15-13(16)6-9-4-5-18-8-9/h2-5,7-8H,6H2,1H3,(H,15,16). The number of carbonyl (C=O) groups excluding carboxylic acids is 1. The van der Waals surface area contributed by atoms with Gasteiger partial charge in [-0.15, -0.1) is 0 Å². The minimum atomic E-state index is -0.0511. The molecule has 1 heterocycles. The average molecular weight is 326 g/mol. The van der Waals surface area contributed by atoms with E-state index in [1.165, 1.54) is 0 Å². The molecule has 0 saturated carbocycles. The highest BCUT2D eigenvalue weighted by Gasteiger charge is 2.09. The van der Waals surface area contributed by atoms with E-state index in [1.54, 1.807) is 18.4 Å². The predicted octanol–water partition coefficient (Wildman–Crippen LogP) is 3.70. The number of benzene rings is 1. The van der Waals surface area contributed by atoms with Gasteiger partial charge in [-0.05, 0) is 40.6 Å². The molecule has 1 aromatic carbocycles. The molecule has 0 saturated heterocycles. The zero-order chi connectivity index (χ0) is 13.0. The average Bonchev–Trinajstić information content (AvgIpc) is 2.82. The summed E-state index contributed by atoms with van der Waals surface area (Å²) in [6.07, 6.45) is 0.374. The van der Waals surface area contributed by atoms with Crippen LogP contribution in [0.4, 0.5) is 5.69 Å². The Morgan fingerprint density at radius 2 is 2.28 bits per heavy atom. The Bertz CT molecular complexity index is 540. The summed E-state index contributed by atoms with van der Waals surface area (Å²) in [5.74, 6) is 0.599. The molecule has 0 spiro atoms. The molecular weight excluding hydrogens is 314 g/mol. The smallest absolute Gasteiger partial charge is 0.228 e. The Morgan fingerprint density at radius 3 is 2.94 bits per heavy atom. The first-order chi connectivity index (χ1) is 8.69. The van der Waals surface area contributed by atoms with Gasteiger partial charge in [0.15, 0.2) is 0 Å². The van der Waals surface area contributed by atoms with E-state index in [0.717, 1.165) is 10.0 Å². The van der Waals surface area contributed by atoms with Crippen LogP contribution >= 0.6 is 27.3 Å². The van der Waals surface area contributed by atoms with Crippen LogP contribution in [0.3, 0.4) is 0 Å². The SMILES string of the molecule is COc1ccc(Br)cc1NC(=O)Cc1ccsc1. The highest BCUT2D eigenvalue weighted by atomic mass is 79.9. The minimum Gasteiger partial charge on any atom is -0.495 e. The molecule has 0 aliphatic carbocycles. The van der Waals surface area contributed by atoms with Gasteiger partial charge in [-0.2, -0.15) is 11.3 Å². The second kappa shape index (κ2) is 6.02. The maximum atomic E-state index is 11.9. The number of ether oxygens (including phenoxy) is 1. The normalized spacial score (nSPS) is 10.1. The van der Waals surface area contributed by atoms with Gasteiger partial charge >= 0.3 is 0 Å². The fourth-order valence-corrected chi connectivity index (χ4v) is 2.58. The maximum absolute atomic E-state index is 11.9. The summed E-state index contributed by atoms with van der Waals surface area (Å²) in [4.78, 5) is 11.9. The summed E-state index contributed by atoms with van der Waals surface area (Å²) in [5, 5.41) is 6.78. The van der Waals surface area contributed by atoms with Crippen LogP contribution in [-0.4, -0.2) is 13.0 Å². The van der Waals surface area contributed by atoms with Crippen LogP contribution in [0.5, 0.6) is 5.75 Å². The van der Waals surface area contributed by atoms with Gasteiger partial charge < -0.3 is 10.1 Å². The van der Waals surface area contributed by atoms with E-state index in [4.69, 9.17) is 4.74 Å². The first-order valence-electron chi connectivity index (χ1n) is 5.33. The number of rotatable bonds is 4. The molecule has 18 heavy (non-hydrogen) atoms. The molecule has 2 rings (SSSR count). The number of carbonyl (C=O) groups is 1. The molecule has 5 heteroatoms. The lowest BCUT2D eigenvalue weighted by atomic mass is 10.2. The molecule has 0 bridgehead atoms. The van der Waals surface area contributed by atoms with Crippen LogP contribution in [-0.2, 0) is 11.2 Å². The number of thiophene rings is 1. The molecule has 0 unspecified atom stereocenters. The largest absolute Gasteiger partial charge is 0.495 e. The Labute approximate surface area is 118 Å². The number of hydrogen-bond acceptors (Lipinski definition) is 3. The highest BCUT2D eigenvalue weighted by Crippen LogP contribution is 2.28. The maximum Gasteiger partial charge on any atom is 0.228 e. The molecular formula is C13H12BrNO2S. The molecule has 3 nitrogen and oxygen atoms in total. The van der Waals surface area contributed by atoms with E-state index >= 15 is 0 Å². The van der Waals surface area contributed by atoms with Gasteiger partial charge in [0.05, 0.1) is 19.2 Å². The van der Waals surface area contributed by atoms with Gasteiger partial charge in [0.25, 0.3) is 0 Å². The first-order valence-corrected chi connectivity index (χ1v) is 7.07. The van der Waals surface area contributed by atoms with Gasteiger partial charge in [-0.3, -0.25) is 4.79 Å². The van der Waals surface area contributed by atoms with Crippen LogP contribution < -0.4 is 10.1 Å².